The van der Waals surface area contributed by atoms with E-state index in [1.807, 2.05) is 45.0 Å². The average Bonchev–Trinajstić information content (AvgIpc) is 3.69. The minimum Gasteiger partial charge on any atom is -0.460 e. The molecule has 2 amide bonds. The van der Waals surface area contributed by atoms with Gasteiger partial charge in [0.05, 0.1) is 165 Å². The lowest BCUT2D eigenvalue weighted by atomic mass is 9.98. The molecule has 0 heterocycles. The van der Waals surface area contributed by atoms with Gasteiger partial charge in [0, 0.05) is 25.6 Å². The lowest BCUT2D eigenvalue weighted by molar-refractivity contribution is -0.161. The third kappa shape index (κ3) is 33.0. The van der Waals surface area contributed by atoms with Crippen molar-refractivity contribution in [3.8, 4) is 11.1 Å². The van der Waals surface area contributed by atoms with Gasteiger partial charge in [0.1, 0.15) is 24.4 Å². The lowest BCUT2D eigenvalue weighted by Gasteiger charge is -2.23. The van der Waals surface area contributed by atoms with E-state index in [-0.39, 0.29) is 63.7 Å². The Bertz CT molecular complexity index is 1810. The van der Waals surface area contributed by atoms with Gasteiger partial charge in [-0.05, 0) is 63.8 Å². The molecule has 2 aromatic carbocycles. The van der Waals surface area contributed by atoms with Gasteiger partial charge in [-0.25, -0.2) is 9.59 Å². The second-order valence-corrected chi connectivity index (χ2v) is 19.1. The molecule has 1 aliphatic rings. The first-order valence-electron chi connectivity index (χ1n) is 26.5. The van der Waals surface area contributed by atoms with Crippen molar-refractivity contribution >= 4 is 23.9 Å². The van der Waals surface area contributed by atoms with Crippen LogP contribution in [-0.4, -0.2) is 225 Å². The standard InChI is InChI=1S/C55H88N2O19/c1-54(2,3)75-51(59)16-21-63-26-31-68-36-38-70-33-28-65-23-18-57(19-24-66-29-34-71-39-40-72-41-42-73-44-52(60)76-55(4,5)6)50(58)15-20-62-25-30-67-35-37-69-32-27-64-22-17-56-53(61)74-43-49-47-13-9-7-11-45(47)46-12-8-10-14-48(46)49/h7-14,49H,15-44H2,1-6H3,(H,56,61). The van der Waals surface area contributed by atoms with Gasteiger partial charge in [0.15, 0.2) is 0 Å². The number of rotatable bonds is 46. The summed E-state index contributed by atoms with van der Waals surface area (Å²) in [4.78, 5) is 50.7. The molecule has 0 unspecified atom stereocenters. The summed E-state index contributed by atoms with van der Waals surface area (Å²) in [5, 5.41) is 2.74. The van der Waals surface area contributed by atoms with Crippen LogP contribution in [0.3, 0.4) is 0 Å². The fourth-order valence-electron chi connectivity index (χ4n) is 7.16. The van der Waals surface area contributed by atoms with Crippen molar-refractivity contribution in [1.82, 2.24) is 10.2 Å². The van der Waals surface area contributed by atoms with E-state index in [1.54, 1.807) is 25.7 Å². The number of nitrogens with zero attached hydrogens (tertiary/aromatic N) is 1. The molecular weight excluding hydrogens is 993 g/mol. The van der Waals surface area contributed by atoms with Crippen molar-refractivity contribution in [2.45, 2.75) is 71.5 Å². The van der Waals surface area contributed by atoms with Crippen LogP contribution < -0.4 is 5.32 Å². The highest BCUT2D eigenvalue weighted by atomic mass is 16.6. The van der Waals surface area contributed by atoms with E-state index in [0.29, 0.717) is 152 Å². The summed E-state index contributed by atoms with van der Waals surface area (Å²) in [5.41, 5.74) is 3.62. The van der Waals surface area contributed by atoms with E-state index in [9.17, 15) is 19.2 Å². The molecule has 1 N–H and O–H groups in total. The van der Waals surface area contributed by atoms with Crippen LogP contribution in [0.1, 0.15) is 71.4 Å². The third-order valence-electron chi connectivity index (χ3n) is 10.5. The lowest BCUT2D eigenvalue weighted by Crippen LogP contribution is -2.37. The Morgan fingerprint density at radius 1 is 0.434 bits per heavy atom. The first-order chi connectivity index (χ1) is 36.7. The zero-order chi connectivity index (χ0) is 55.0. The van der Waals surface area contributed by atoms with Crippen molar-refractivity contribution < 1.29 is 90.2 Å². The second-order valence-electron chi connectivity index (χ2n) is 19.1. The number of carbonyl (C=O) groups is 4. The van der Waals surface area contributed by atoms with Crippen LogP contribution in [0, 0.1) is 0 Å². The summed E-state index contributed by atoms with van der Waals surface area (Å²) in [6.45, 7) is 19.9. The molecular formula is C55H88N2O19. The number of alkyl carbamates (subject to hydrolysis) is 1. The van der Waals surface area contributed by atoms with Gasteiger partial charge in [-0.3, -0.25) is 9.59 Å². The Morgan fingerprint density at radius 2 is 0.789 bits per heavy atom. The normalized spacial score (nSPS) is 12.3. The Hall–Kier alpha value is -4.36. The van der Waals surface area contributed by atoms with E-state index in [2.05, 4.69) is 29.6 Å². The second kappa shape index (κ2) is 40.8. The number of ether oxygens (including phenoxy) is 15. The van der Waals surface area contributed by atoms with Gasteiger partial charge < -0.3 is 81.3 Å². The van der Waals surface area contributed by atoms with Crippen molar-refractivity contribution in [2.75, 3.05) is 185 Å². The maximum atomic E-state index is 13.2. The Morgan fingerprint density at radius 3 is 1.22 bits per heavy atom. The Labute approximate surface area is 450 Å². The number of benzene rings is 2. The van der Waals surface area contributed by atoms with Crippen LogP contribution in [0.4, 0.5) is 4.79 Å². The molecule has 0 fully saturated rings. The van der Waals surface area contributed by atoms with Crippen LogP contribution in [0.5, 0.6) is 0 Å². The molecule has 0 bridgehead atoms. The summed E-state index contributed by atoms with van der Waals surface area (Å²) in [6.07, 6.45) is -0.115. The number of hydrogen-bond donors (Lipinski definition) is 1. The Balaban J connectivity index is 1.17. The molecule has 0 atom stereocenters. The monoisotopic (exact) mass is 1080 g/mol. The van der Waals surface area contributed by atoms with Gasteiger partial charge in [-0.1, -0.05) is 48.5 Å². The first-order valence-corrected chi connectivity index (χ1v) is 26.5. The van der Waals surface area contributed by atoms with Crippen molar-refractivity contribution in [3.05, 3.63) is 59.7 Å². The fourth-order valence-corrected chi connectivity index (χ4v) is 7.16. The topological polar surface area (TPSA) is 222 Å². The zero-order valence-electron chi connectivity index (χ0n) is 46.1. The van der Waals surface area contributed by atoms with Crippen molar-refractivity contribution in [1.29, 1.82) is 0 Å². The first kappa shape index (κ1) is 65.9. The largest absolute Gasteiger partial charge is 0.460 e. The number of esters is 2. The predicted octanol–water partition coefficient (Wildman–Crippen LogP) is 5.02. The molecule has 0 aliphatic heterocycles. The van der Waals surface area contributed by atoms with Crippen LogP contribution in [0.25, 0.3) is 11.1 Å². The summed E-state index contributed by atoms with van der Waals surface area (Å²) >= 11 is 0. The van der Waals surface area contributed by atoms with E-state index >= 15 is 0 Å². The molecule has 21 heteroatoms. The maximum absolute atomic E-state index is 13.2. The number of hydrogen-bond acceptors (Lipinski definition) is 19. The average molecular weight is 1080 g/mol. The summed E-state index contributed by atoms with van der Waals surface area (Å²) in [5.74, 6) is -0.808. The van der Waals surface area contributed by atoms with Gasteiger partial charge in [0.2, 0.25) is 5.91 Å². The molecule has 21 nitrogen and oxygen atoms in total. The van der Waals surface area contributed by atoms with Crippen LogP contribution >= 0.6 is 0 Å². The number of amides is 2. The highest BCUT2D eigenvalue weighted by molar-refractivity contribution is 5.79. The van der Waals surface area contributed by atoms with Gasteiger partial charge >= 0.3 is 18.0 Å². The van der Waals surface area contributed by atoms with Gasteiger partial charge in [-0.15, -0.1) is 0 Å². The van der Waals surface area contributed by atoms with E-state index < -0.39 is 23.3 Å². The summed E-state index contributed by atoms with van der Waals surface area (Å²) < 4.78 is 82.7. The minimum absolute atomic E-state index is 0.00470. The summed E-state index contributed by atoms with van der Waals surface area (Å²) in [7, 11) is 0. The molecule has 2 aromatic rings. The van der Waals surface area contributed by atoms with Crippen molar-refractivity contribution in [3.63, 3.8) is 0 Å². The van der Waals surface area contributed by atoms with E-state index in [1.165, 1.54) is 11.1 Å². The van der Waals surface area contributed by atoms with Crippen LogP contribution in [0.15, 0.2) is 48.5 Å². The van der Waals surface area contributed by atoms with Crippen LogP contribution in [0.2, 0.25) is 0 Å². The van der Waals surface area contributed by atoms with Crippen molar-refractivity contribution in [2.24, 2.45) is 0 Å². The molecule has 3 rings (SSSR count). The van der Waals surface area contributed by atoms with Crippen LogP contribution in [-0.2, 0) is 85.4 Å². The molecule has 0 radical (unpaired) electrons. The molecule has 0 aromatic heterocycles. The minimum atomic E-state index is -0.556. The van der Waals surface area contributed by atoms with Gasteiger partial charge in [-0.2, -0.15) is 0 Å². The highest BCUT2D eigenvalue weighted by Crippen LogP contribution is 2.44. The zero-order valence-corrected chi connectivity index (χ0v) is 46.1. The molecule has 0 spiro atoms. The molecule has 432 valence electrons. The summed E-state index contributed by atoms with van der Waals surface area (Å²) in [6, 6.07) is 16.4. The molecule has 1 aliphatic carbocycles. The Kier molecular flexibility index (Phi) is 35.4. The van der Waals surface area contributed by atoms with Gasteiger partial charge in [0.25, 0.3) is 0 Å². The third-order valence-corrected chi connectivity index (χ3v) is 10.5. The quantitative estimate of drug-likeness (QED) is 0.0523. The molecule has 76 heavy (non-hydrogen) atoms. The van der Waals surface area contributed by atoms with E-state index in [0.717, 1.165) is 11.1 Å². The number of carbonyl (C=O) groups excluding carboxylic acids is 4. The SMILES string of the molecule is CC(C)(C)OC(=O)CCOCCOCCOCCOCCN(CCOCCOCCOCCOCC(=O)OC(C)(C)C)C(=O)CCOCCOCCOCCOCCNC(=O)OCC1c2ccccc2-c2ccccc21. The highest BCUT2D eigenvalue weighted by Gasteiger charge is 2.29. The molecule has 0 saturated heterocycles. The fraction of sp³-hybridized carbons (Fsp3) is 0.709. The molecule has 0 saturated carbocycles. The smallest absolute Gasteiger partial charge is 0.407 e. The maximum Gasteiger partial charge on any atom is 0.407 e. The van der Waals surface area contributed by atoms with E-state index in [4.69, 9.17) is 71.1 Å². The number of fused-ring (bicyclic) bond motifs is 3. The number of nitrogens with one attached hydrogen (secondary N) is 1. The predicted molar refractivity (Wildman–Crippen MR) is 280 cm³/mol.